The first-order chi connectivity index (χ1) is 8.78. The van der Waals surface area contributed by atoms with Gasteiger partial charge in [0.1, 0.15) is 0 Å². The van der Waals surface area contributed by atoms with E-state index in [1.165, 1.54) is 32.8 Å². The molecule has 6 nitrogen and oxygen atoms in total. The van der Waals surface area contributed by atoms with E-state index in [-0.39, 0.29) is 19.7 Å². The van der Waals surface area contributed by atoms with Crippen LogP contribution in [-0.2, 0) is 28.6 Å². The average Bonchev–Trinajstić information content (AvgIpc) is 3.05. The minimum atomic E-state index is -0.299. The molecule has 0 aromatic carbocycles. The molecule has 0 spiro atoms. The Morgan fingerprint density at radius 3 is 2.00 bits per heavy atom. The monoisotopic (exact) mass is 258 g/mol. The largest absolute Gasteiger partial charge is 0.471 e. The van der Waals surface area contributed by atoms with Crippen LogP contribution in [0.4, 0.5) is 0 Å². The fourth-order valence-electron chi connectivity index (χ4n) is 1.78. The fourth-order valence-corrected chi connectivity index (χ4v) is 1.78. The molecule has 6 heteroatoms. The molecular formula is C12H18O6. The minimum Gasteiger partial charge on any atom is -0.471 e. The summed E-state index contributed by atoms with van der Waals surface area (Å²) in [4.78, 5) is 27.5. The number of fused-ring (bicyclic) bond motifs is 2. The Labute approximate surface area is 106 Å². The quantitative estimate of drug-likeness (QED) is 0.319. The summed E-state index contributed by atoms with van der Waals surface area (Å²) in [5.74, 6) is 1.08. The Morgan fingerprint density at radius 1 is 1.22 bits per heavy atom. The third-order valence-corrected chi connectivity index (χ3v) is 2.53. The van der Waals surface area contributed by atoms with Crippen molar-refractivity contribution in [3.63, 3.8) is 0 Å². The second-order valence-corrected chi connectivity index (χ2v) is 3.68. The number of hydrogen-bond donors (Lipinski definition) is 0. The lowest BCUT2D eigenvalue weighted by Gasteiger charge is -1.98. The van der Waals surface area contributed by atoms with Crippen molar-refractivity contribution in [2.45, 2.75) is 25.7 Å². The van der Waals surface area contributed by atoms with Gasteiger partial charge in [0.2, 0.25) is 6.79 Å². The Morgan fingerprint density at radius 2 is 1.83 bits per heavy atom. The van der Waals surface area contributed by atoms with Gasteiger partial charge in [0, 0.05) is 0 Å². The highest BCUT2D eigenvalue weighted by molar-refractivity contribution is 5.39. The first-order valence-electron chi connectivity index (χ1n) is 5.53. The van der Waals surface area contributed by atoms with Crippen molar-refractivity contribution in [3.8, 4) is 0 Å². The van der Waals surface area contributed by atoms with E-state index in [0.717, 1.165) is 5.92 Å². The highest BCUT2D eigenvalue weighted by atomic mass is 16.7. The van der Waals surface area contributed by atoms with Gasteiger partial charge in [-0.1, -0.05) is 11.6 Å². The zero-order valence-corrected chi connectivity index (χ0v) is 10.4. The zero-order valence-electron chi connectivity index (χ0n) is 10.4. The minimum absolute atomic E-state index is 0.198. The van der Waals surface area contributed by atoms with Gasteiger partial charge in [-0.05, 0) is 31.6 Å². The van der Waals surface area contributed by atoms with Crippen LogP contribution < -0.4 is 0 Å². The molecule has 0 aromatic heterocycles. The van der Waals surface area contributed by atoms with E-state index in [1.807, 2.05) is 0 Å². The zero-order chi connectivity index (χ0) is 13.6. The number of hydrogen-bond acceptors (Lipinski definition) is 6. The third kappa shape index (κ3) is 8.32. The molecule has 0 heterocycles. The summed E-state index contributed by atoms with van der Waals surface area (Å²) in [6, 6.07) is 0. The summed E-state index contributed by atoms with van der Waals surface area (Å²) in [7, 11) is 1.31. The molecule has 18 heavy (non-hydrogen) atoms. The van der Waals surface area contributed by atoms with Gasteiger partial charge in [-0.2, -0.15) is 0 Å². The van der Waals surface area contributed by atoms with Crippen molar-refractivity contribution in [1.29, 1.82) is 0 Å². The predicted octanol–water partition coefficient (Wildman–Crippen LogP) is 1.20. The van der Waals surface area contributed by atoms with Gasteiger partial charge in [-0.3, -0.25) is 14.4 Å². The van der Waals surface area contributed by atoms with Crippen LogP contribution in [-0.4, -0.2) is 33.3 Å². The van der Waals surface area contributed by atoms with E-state index in [9.17, 15) is 9.59 Å². The maximum absolute atomic E-state index is 9.26. The van der Waals surface area contributed by atoms with Crippen molar-refractivity contribution in [2.75, 3.05) is 13.9 Å². The number of methoxy groups -OCH3 is 1. The smallest absolute Gasteiger partial charge is 0.295 e. The molecule has 1 atom stereocenters. The molecule has 0 aliphatic heterocycles. The maximum Gasteiger partial charge on any atom is 0.295 e. The lowest BCUT2D eigenvalue weighted by atomic mass is 10.1. The highest BCUT2D eigenvalue weighted by Crippen LogP contribution is 2.38. The van der Waals surface area contributed by atoms with E-state index in [4.69, 9.17) is 4.79 Å². The highest BCUT2D eigenvalue weighted by Gasteiger charge is 2.22. The molecule has 2 aliphatic rings. The first kappa shape index (κ1) is 16.1. The number of rotatable bonds is 5. The number of allylic oxidation sites excluding steroid dienone is 2. The standard InChI is InChI=1S/C7H10.C3H4O4.C2H4O2/c1-2-7-4-3-6(1)5-7;4-1-6-3-7-2-5;1-4-2-3/h1,7H,2-5H2;1-2H,3H2;2H,1H3. The maximum atomic E-state index is 9.26. The van der Waals surface area contributed by atoms with Crippen LogP contribution in [0.15, 0.2) is 11.6 Å². The Balaban J connectivity index is 0.000000253. The molecule has 1 saturated carbocycles. The normalized spacial score (nSPS) is 18.1. The van der Waals surface area contributed by atoms with Crippen LogP contribution >= 0.6 is 0 Å². The average molecular weight is 258 g/mol. The van der Waals surface area contributed by atoms with E-state index < -0.39 is 0 Å². The van der Waals surface area contributed by atoms with Gasteiger partial charge >= 0.3 is 0 Å². The Hall–Kier alpha value is -1.85. The van der Waals surface area contributed by atoms with E-state index in [0.29, 0.717) is 6.47 Å². The van der Waals surface area contributed by atoms with Crippen LogP contribution in [0, 0.1) is 5.92 Å². The van der Waals surface area contributed by atoms with Gasteiger partial charge in [0.25, 0.3) is 19.4 Å². The van der Waals surface area contributed by atoms with E-state index in [1.54, 1.807) is 5.57 Å². The molecule has 0 radical (unpaired) electrons. The van der Waals surface area contributed by atoms with Crippen molar-refractivity contribution in [3.05, 3.63) is 11.6 Å². The number of carbonyl (C=O) groups is 3. The summed E-state index contributed by atoms with van der Waals surface area (Å²) >= 11 is 0. The summed E-state index contributed by atoms with van der Waals surface area (Å²) in [5, 5.41) is 0. The van der Waals surface area contributed by atoms with Crippen molar-refractivity contribution in [1.82, 2.24) is 0 Å². The summed E-state index contributed by atoms with van der Waals surface area (Å²) in [5.41, 5.74) is 1.74. The SMILES string of the molecule is C1=C2CCC(C1)C2.COC=O.O=COCOC=O. The molecule has 0 amide bonds. The summed E-state index contributed by atoms with van der Waals surface area (Å²) in [6.45, 7) is 0.472. The van der Waals surface area contributed by atoms with Crippen LogP contribution in [0.2, 0.25) is 0 Å². The lowest BCUT2D eigenvalue weighted by Crippen LogP contribution is -1.94. The predicted molar refractivity (Wildman–Crippen MR) is 62.3 cm³/mol. The van der Waals surface area contributed by atoms with Gasteiger partial charge in [0.05, 0.1) is 7.11 Å². The fraction of sp³-hybridized carbons (Fsp3) is 0.583. The molecule has 2 aliphatic carbocycles. The van der Waals surface area contributed by atoms with Crippen LogP contribution in [0.3, 0.4) is 0 Å². The topological polar surface area (TPSA) is 78.9 Å². The molecular weight excluding hydrogens is 240 g/mol. The molecule has 0 N–H and O–H groups in total. The molecule has 0 aromatic rings. The molecule has 0 saturated heterocycles. The van der Waals surface area contributed by atoms with Gasteiger partial charge in [-0.15, -0.1) is 0 Å². The summed E-state index contributed by atoms with van der Waals surface area (Å²) in [6.07, 6.45) is 8.18. The van der Waals surface area contributed by atoms with Crippen molar-refractivity contribution in [2.24, 2.45) is 5.92 Å². The first-order valence-corrected chi connectivity index (χ1v) is 5.53. The Kier molecular flexibility index (Phi) is 10.4. The number of carbonyl (C=O) groups excluding carboxylic acids is 3. The van der Waals surface area contributed by atoms with E-state index in [2.05, 4.69) is 20.3 Å². The summed E-state index contributed by atoms with van der Waals surface area (Å²) < 4.78 is 11.7. The van der Waals surface area contributed by atoms with Crippen LogP contribution in [0.5, 0.6) is 0 Å². The second kappa shape index (κ2) is 11.6. The molecule has 1 fully saturated rings. The molecule has 2 rings (SSSR count). The van der Waals surface area contributed by atoms with Crippen molar-refractivity contribution < 1.29 is 28.6 Å². The van der Waals surface area contributed by atoms with Crippen molar-refractivity contribution >= 4 is 19.4 Å². The Bertz CT molecular complexity index is 266. The van der Waals surface area contributed by atoms with Gasteiger partial charge in [0.15, 0.2) is 0 Å². The van der Waals surface area contributed by atoms with Crippen LogP contribution in [0.1, 0.15) is 25.7 Å². The second-order valence-electron chi connectivity index (χ2n) is 3.68. The third-order valence-electron chi connectivity index (χ3n) is 2.53. The molecule has 1 unspecified atom stereocenters. The van der Waals surface area contributed by atoms with Gasteiger partial charge in [-0.25, -0.2) is 0 Å². The molecule has 102 valence electrons. The molecule has 2 bridgehead atoms. The number of ether oxygens (including phenoxy) is 3. The van der Waals surface area contributed by atoms with Crippen LogP contribution in [0.25, 0.3) is 0 Å². The lowest BCUT2D eigenvalue weighted by molar-refractivity contribution is -0.149. The van der Waals surface area contributed by atoms with E-state index >= 15 is 0 Å². The van der Waals surface area contributed by atoms with Gasteiger partial charge < -0.3 is 14.2 Å².